The summed E-state index contributed by atoms with van der Waals surface area (Å²) in [4.78, 5) is -0.148. The summed E-state index contributed by atoms with van der Waals surface area (Å²) in [6.07, 6.45) is 0. The predicted octanol–water partition coefficient (Wildman–Crippen LogP) is 1.98. The van der Waals surface area contributed by atoms with Crippen molar-refractivity contribution in [2.45, 2.75) is 9.79 Å². The average molecular weight is 350 g/mol. The van der Waals surface area contributed by atoms with Gasteiger partial charge in [-0.15, -0.1) is 0 Å². The number of hydrogen-bond donors (Lipinski definition) is 2. The quantitative estimate of drug-likeness (QED) is 0.802. The summed E-state index contributed by atoms with van der Waals surface area (Å²) in [6.45, 7) is 0. The highest BCUT2D eigenvalue weighted by molar-refractivity contribution is 7.86. The van der Waals surface area contributed by atoms with Crippen LogP contribution in [0.4, 0.5) is 0 Å². The van der Waals surface area contributed by atoms with Crippen LogP contribution >= 0.6 is 13.5 Å². The molecular formula is C12H14O6S3. The molecule has 0 saturated heterocycles. The second-order valence-electron chi connectivity index (χ2n) is 3.58. The van der Waals surface area contributed by atoms with Gasteiger partial charge in [-0.2, -0.15) is 30.3 Å². The second kappa shape index (κ2) is 8.15. The van der Waals surface area contributed by atoms with Crippen molar-refractivity contribution in [3.8, 4) is 0 Å². The van der Waals surface area contributed by atoms with Crippen molar-refractivity contribution in [1.82, 2.24) is 0 Å². The Balaban J connectivity index is 0.000000364. The molecule has 0 bridgehead atoms. The Labute approximate surface area is 130 Å². The average Bonchev–Trinajstić information content (AvgIpc) is 2.40. The van der Waals surface area contributed by atoms with Gasteiger partial charge in [-0.25, -0.2) is 0 Å². The molecule has 2 N–H and O–H groups in total. The second-order valence-corrected chi connectivity index (χ2v) is 6.42. The molecule has 0 heterocycles. The zero-order chi connectivity index (χ0) is 15.2. The minimum atomic E-state index is -4.00. The van der Waals surface area contributed by atoms with E-state index in [9.17, 15) is 16.8 Å². The third kappa shape index (κ3) is 7.25. The fourth-order valence-corrected chi connectivity index (χ4v) is 2.19. The summed E-state index contributed by atoms with van der Waals surface area (Å²) in [5.41, 5.74) is 0. The van der Waals surface area contributed by atoms with E-state index in [-0.39, 0.29) is 23.3 Å². The molecule has 0 aliphatic carbocycles. The van der Waals surface area contributed by atoms with E-state index < -0.39 is 20.2 Å². The predicted molar refractivity (Wildman–Crippen MR) is 82.9 cm³/mol. The van der Waals surface area contributed by atoms with Crippen molar-refractivity contribution < 1.29 is 25.9 Å². The molecule has 21 heavy (non-hydrogen) atoms. The van der Waals surface area contributed by atoms with Crippen LogP contribution in [0, 0.1) is 0 Å². The monoisotopic (exact) mass is 350 g/mol. The van der Waals surface area contributed by atoms with Crippen LogP contribution < -0.4 is 0 Å². The molecule has 0 atom stereocenters. The lowest BCUT2D eigenvalue weighted by atomic mass is 10.4. The molecule has 9 heteroatoms. The summed E-state index contributed by atoms with van der Waals surface area (Å²) in [7, 11) is -8.01. The lowest BCUT2D eigenvalue weighted by Crippen LogP contribution is -1.96. The van der Waals surface area contributed by atoms with E-state index in [1.807, 2.05) is 0 Å². The van der Waals surface area contributed by atoms with Crippen molar-refractivity contribution >= 4 is 33.7 Å². The minimum absolute atomic E-state index is 0. The Kier molecular flexibility index (Phi) is 7.61. The third-order valence-corrected chi connectivity index (χ3v) is 3.82. The van der Waals surface area contributed by atoms with Gasteiger partial charge >= 0.3 is 0 Å². The van der Waals surface area contributed by atoms with Gasteiger partial charge in [0.15, 0.2) is 0 Å². The molecule has 0 aromatic heterocycles. The summed E-state index contributed by atoms with van der Waals surface area (Å²) < 4.78 is 58.5. The van der Waals surface area contributed by atoms with Crippen LogP contribution in [0.5, 0.6) is 0 Å². The van der Waals surface area contributed by atoms with Crippen LogP contribution in [0.15, 0.2) is 70.5 Å². The van der Waals surface area contributed by atoms with Crippen LogP contribution in [-0.4, -0.2) is 25.9 Å². The maximum Gasteiger partial charge on any atom is 0.294 e. The highest BCUT2D eigenvalue weighted by atomic mass is 32.2. The van der Waals surface area contributed by atoms with Gasteiger partial charge in [-0.05, 0) is 24.3 Å². The molecule has 0 aliphatic heterocycles. The van der Waals surface area contributed by atoms with Crippen molar-refractivity contribution in [1.29, 1.82) is 0 Å². The highest BCUT2D eigenvalue weighted by Crippen LogP contribution is 2.05. The zero-order valence-corrected chi connectivity index (χ0v) is 13.3. The largest absolute Gasteiger partial charge is 0.294 e. The van der Waals surface area contributed by atoms with Gasteiger partial charge in [0, 0.05) is 0 Å². The van der Waals surface area contributed by atoms with E-state index in [0.717, 1.165) is 0 Å². The van der Waals surface area contributed by atoms with Crippen LogP contribution in [0.1, 0.15) is 0 Å². The first-order valence-electron chi connectivity index (χ1n) is 5.26. The maximum atomic E-state index is 10.4. The van der Waals surface area contributed by atoms with Crippen molar-refractivity contribution in [2.75, 3.05) is 0 Å². The number of hydrogen-bond acceptors (Lipinski definition) is 4. The first-order valence-corrected chi connectivity index (χ1v) is 8.14. The first-order chi connectivity index (χ1) is 9.21. The molecule has 0 fully saturated rings. The fraction of sp³-hybridized carbons (Fsp3) is 0. The van der Waals surface area contributed by atoms with E-state index in [0.29, 0.717) is 0 Å². The minimum Gasteiger partial charge on any atom is -0.282 e. The molecule has 116 valence electrons. The highest BCUT2D eigenvalue weighted by Gasteiger charge is 2.06. The Hall–Kier alpha value is -1.39. The van der Waals surface area contributed by atoms with Gasteiger partial charge < -0.3 is 0 Å². The van der Waals surface area contributed by atoms with E-state index in [1.54, 1.807) is 36.4 Å². The molecule has 2 rings (SSSR count). The van der Waals surface area contributed by atoms with Gasteiger partial charge in [-0.3, -0.25) is 9.11 Å². The molecule has 0 unspecified atom stereocenters. The molecular weight excluding hydrogens is 336 g/mol. The van der Waals surface area contributed by atoms with Crippen LogP contribution in [-0.2, 0) is 20.2 Å². The first kappa shape index (κ1) is 19.6. The molecule has 0 radical (unpaired) electrons. The summed E-state index contributed by atoms with van der Waals surface area (Å²) >= 11 is 0. The molecule has 0 spiro atoms. The van der Waals surface area contributed by atoms with Crippen LogP contribution in [0.3, 0.4) is 0 Å². The SMILES string of the molecule is O=S(=O)(O)c1ccccc1.O=S(=O)(O)c1ccccc1.S. The van der Waals surface area contributed by atoms with Crippen molar-refractivity contribution in [3.05, 3.63) is 60.7 Å². The van der Waals surface area contributed by atoms with Crippen LogP contribution in [0.25, 0.3) is 0 Å². The Morgan fingerprint density at radius 1 is 0.571 bits per heavy atom. The number of benzene rings is 2. The van der Waals surface area contributed by atoms with E-state index in [4.69, 9.17) is 9.11 Å². The third-order valence-electron chi connectivity index (χ3n) is 2.08. The van der Waals surface area contributed by atoms with Gasteiger partial charge in [0.25, 0.3) is 20.2 Å². The normalized spacial score (nSPS) is 10.8. The Bertz CT molecular complexity index is 673. The molecule has 6 nitrogen and oxygen atoms in total. The lowest BCUT2D eigenvalue weighted by Gasteiger charge is -1.92. The molecule has 0 amide bonds. The van der Waals surface area contributed by atoms with Gasteiger partial charge in [0.2, 0.25) is 0 Å². The van der Waals surface area contributed by atoms with Crippen LogP contribution in [0.2, 0.25) is 0 Å². The maximum absolute atomic E-state index is 10.4. The van der Waals surface area contributed by atoms with Crippen molar-refractivity contribution in [3.63, 3.8) is 0 Å². The number of rotatable bonds is 2. The lowest BCUT2D eigenvalue weighted by molar-refractivity contribution is 0.481. The van der Waals surface area contributed by atoms with Gasteiger partial charge in [0.05, 0.1) is 9.79 Å². The fourth-order valence-electron chi connectivity index (χ4n) is 1.18. The Morgan fingerprint density at radius 2 is 0.810 bits per heavy atom. The van der Waals surface area contributed by atoms with E-state index in [2.05, 4.69) is 0 Å². The zero-order valence-electron chi connectivity index (χ0n) is 10.6. The topological polar surface area (TPSA) is 109 Å². The van der Waals surface area contributed by atoms with Crippen molar-refractivity contribution in [2.24, 2.45) is 0 Å². The standard InChI is InChI=1S/2C6H6O3S.H2S/c2*7-10(8,9)6-4-2-1-3-5-6;/h2*1-5H,(H,7,8,9);1H2. The smallest absolute Gasteiger partial charge is 0.282 e. The van der Waals surface area contributed by atoms with Gasteiger partial charge in [-0.1, -0.05) is 36.4 Å². The molecule has 0 aliphatic rings. The molecule has 0 saturated carbocycles. The Morgan fingerprint density at radius 3 is 0.952 bits per heavy atom. The molecule has 2 aromatic rings. The van der Waals surface area contributed by atoms with Gasteiger partial charge in [0.1, 0.15) is 0 Å². The summed E-state index contributed by atoms with van der Waals surface area (Å²) in [6, 6.07) is 14.8. The van der Waals surface area contributed by atoms with E-state index in [1.165, 1.54) is 24.3 Å². The summed E-state index contributed by atoms with van der Waals surface area (Å²) in [5, 5.41) is 0. The molecule has 2 aromatic carbocycles. The summed E-state index contributed by atoms with van der Waals surface area (Å²) in [5.74, 6) is 0. The van der Waals surface area contributed by atoms with E-state index >= 15 is 0 Å².